The number of methoxy groups -OCH3 is 1. The van der Waals surface area contributed by atoms with Crippen LogP contribution < -0.4 is 4.74 Å². The lowest BCUT2D eigenvalue weighted by atomic mass is 10.1. The van der Waals surface area contributed by atoms with Crippen LogP contribution in [-0.4, -0.2) is 25.8 Å². The van der Waals surface area contributed by atoms with E-state index in [4.69, 9.17) is 9.29 Å². The number of benzene rings is 2. The van der Waals surface area contributed by atoms with Crippen molar-refractivity contribution in [2.24, 2.45) is 0 Å². The van der Waals surface area contributed by atoms with Crippen molar-refractivity contribution in [3.8, 4) is 16.9 Å². The first-order chi connectivity index (χ1) is 9.87. The highest BCUT2D eigenvalue weighted by Gasteiger charge is 2.01. The average molecular weight is 420 g/mol. The smallest absolute Gasteiger partial charge is 0.264 e. The van der Waals surface area contributed by atoms with Gasteiger partial charge in [0.2, 0.25) is 0 Å². The summed E-state index contributed by atoms with van der Waals surface area (Å²) in [6, 6.07) is 16.5. The van der Waals surface area contributed by atoms with Crippen LogP contribution in [0.5, 0.6) is 5.75 Å². The number of hydrogen-bond donors (Lipinski definition) is 1. The molecule has 0 bridgehead atoms. The molecule has 0 fully saturated rings. The summed E-state index contributed by atoms with van der Waals surface area (Å²) in [5.74, 6) is 0.692. The molecule has 0 heterocycles. The maximum atomic E-state index is 9.56. The Morgan fingerprint density at radius 1 is 1.10 bits per heavy atom. The fraction of sp³-hybridized carbons (Fsp3) is 0.200. The van der Waals surface area contributed by atoms with Gasteiger partial charge in [-0.15, -0.1) is 0 Å². The van der Waals surface area contributed by atoms with Gasteiger partial charge in [-0.3, -0.25) is 4.55 Å². The van der Waals surface area contributed by atoms with Crippen molar-refractivity contribution in [2.75, 3.05) is 12.9 Å². The van der Waals surface area contributed by atoms with Crippen LogP contribution in [0.3, 0.4) is 0 Å². The molecule has 1 N–H and O–H groups in total. The van der Waals surface area contributed by atoms with Gasteiger partial charge in [0.05, 0.1) is 12.9 Å². The van der Waals surface area contributed by atoms with Gasteiger partial charge in [-0.25, -0.2) is 0 Å². The minimum absolute atomic E-state index is 0.201. The highest BCUT2D eigenvalue weighted by molar-refractivity contribution is 14.1. The largest absolute Gasteiger partial charge is 0.497 e. The third-order valence-electron chi connectivity index (χ3n) is 2.64. The number of ether oxygens (including phenoxy) is 1. The first-order valence-electron chi connectivity index (χ1n) is 6.21. The van der Waals surface area contributed by atoms with Gasteiger partial charge in [-0.1, -0.05) is 30.3 Å². The zero-order chi connectivity index (χ0) is 15.9. The Labute approximate surface area is 139 Å². The highest BCUT2D eigenvalue weighted by atomic mass is 127. The normalized spacial score (nSPS) is 10.5. The molecule has 4 nitrogen and oxygen atoms in total. The maximum absolute atomic E-state index is 9.56. The molecule has 0 unspecified atom stereocenters. The standard InChI is InChI=1S/C13H11IO.C2H6O3S/c1-15-11-8-6-10(7-9-11)12-4-2-3-5-13(12)14;1-2-6(3,4)5/h2-9H,1H3;2H2,1H3,(H,3,4,5). The summed E-state index contributed by atoms with van der Waals surface area (Å²) in [5.41, 5.74) is 2.49. The molecule has 0 aromatic heterocycles. The predicted molar refractivity (Wildman–Crippen MR) is 93.2 cm³/mol. The number of hydrogen-bond acceptors (Lipinski definition) is 3. The molecule has 2 aromatic rings. The molecular weight excluding hydrogens is 403 g/mol. The van der Waals surface area contributed by atoms with E-state index in [0.29, 0.717) is 0 Å². The summed E-state index contributed by atoms with van der Waals surface area (Å²) in [5, 5.41) is 0. The Bertz CT molecular complexity index is 666. The summed E-state index contributed by atoms with van der Waals surface area (Å²) in [6.07, 6.45) is 0. The zero-order valence-corrected chi connectivity index (χ0v) is 14.8. The molecule has 21 heavy (non-hydrogen) atoms. The van der Waals surface area contributed by atoms with Crippen molar-refractivity contribution in [3.05, 3.63) is 52.1 Å². The lowest BCUT2D eigenvalue weighted by molar-refractivity contribution is 0.415. The van der Waals surface area contributed by atoms with Gasteiger partial charge in [0, 0.05) is 3.57 Å². The summed E-state index contributed by atoms with van der Waals surface area (Å²) >= 11 is 2.35. The van der Waals surface area contributed by atoms with Gasteiger partial charge in [0.1, 0.15) is 5.75 Å². The zero-order valence-electron chi connectivity index (χ0n) is 11.8. The van der Waals surface area contributed by atoms with Gasteiger partial charge in [-0.05, 0) is 58.8 Å². The minimum Gasteiger partial charge on any atom is -0.497 e. The van der Waals surface area contributed by atoms with Crippen molar-refractivity contribution in [1.29, 1.82) is 0 Å². The molecule has 0 saturated heterocycles. The molecule has 0 aliphatic carbocycles. The molecule has 0 radical (unpaired) electrons. The molecule has 0 aliphatic heterocycles. The van der Waals surface area contributed by atoms with Crippen LogP contribution in [-0.2, 0) is 10.1 Å². The van der Waals surface area contributed by atoms with Crippen molar-refractivity contribution >= 4 is 32.7 Å². The summed E-state index contributed by atoms with van der Waals surface area (Å²) in [7, 11) is -1.98. The Kier molecular flexibility index (Phi) is 7.13. The van der Waals surface area contributed by atoms with Gasteiger partial charge < -0.3 is 4.74 Å². The molecule has 0 aliphatic rings. The summed E-state index contributed by atoms with van der Waals surface area (Å²) in [4.78, 5) is 0. The van der Waals surface area contributed by atoms with E-state index in [1.165, 1.54) is 21.6 Å². The Balaban J connectivity index is 0.000000315. The molecule has 6 heteroatoms. The van der Waals surface area contributed by atoms with Crippen molar-refractivity contribution in [2.45, 2.75) is 6.92 Å². The van der Waals surface area contributed by atoms with Crippen LogP contribution in [0.4, 0.5) is 0 Å². The van der Waals surface area contributed by atoms with Crippen LogP contribution in [0.1, 0.15) is 6.92 Å². The van der Waals surface area contributed by atoms with Crippen molar-refractivity contribution in [1.82, 2.24) is 0 Å². The fourth-order valence-electron chi connectivity index (χ4n) is 1.47. The molecule has 0 amide bonds. The fourth-order valence-corrected chi connectivity index (χ4v) is 2.16. The van der Waals surface area contributed by atoms with Crippen LogP contribution in [0, 0.1) is 3.57 Å². The molecule has 0 spiro atoms. The first kappa shape index (κ1) is 17.9. The lowest BCUT2D eigenvalue weighted by Gasteiger charge is -2.05. The van der Waals surface area contributed by atoms with Gasteiger partial charge in [-0.2, -0.15) is 8.42 Å². The van der Waals surface area contributed by atoms with E-state index in [9.17, 15) is 8.42 Å². The SMILES string of the molecule is CCS(=O)(=O)O.COc1ccc(-c2ccccc2I)cc1. The lowest BCUT2D eigenvalue weighted by Crippen LogP contribution is -1.97. The molecule has 0 atom stereocenters. The van der Waals surface area contributed by atoms with E-state index in [1.54, 1.807) is 7.11 Å². The third-order valence-corrected chi connectivity index (χ3v) is 4.31. The molecule has 114 valence electrons. The van der Waals surface area contributed by atoms with E-state index in [0.717, 1.165) is 5.75 Å². The van der Waals surface area contributed by atoms with Crippen LogP contribution in [0.2, 0.25) is 0 Å². The Morgan fingerprint density at radius 2 is 1.62 bits per heavy atom. The topological polar surface area (TPSA) is 63.6 Å². The highest BCUT2D eigenvalue weighted by Crippen LogP contribution is 2.26. The first-order valence-corrected chi connectivity index (χ1v) is 8.90. The van der Waals surface area contributed by atoms with Crippen molar-refractivity contribution in [3.63, 3.8) is 0 Å². The third kappa shape index (κ3) is 6.45. The van der Waals surface area contributed by atoms with E-state index < -0.39 is 10.1 Å². The number of halogens is 1. The molecular formula is C15H17IO4S. The van der Waals surface area contributed by atoms with E-state index in [2.05, 4.69) is 59.0 Å². The summed E-state index contributed by atoms with van der Waals surface area (Å²) in [6.45, 7) is 1.37. The molecule has 2 aromatic carbocycles. The Hall–Kier alpha value is -1.12. The summed E-state index contributed by atoms with van der Waals surface area (Å²) < 4.78 is 33.3. The minimum atomic E-state index is -3.66. The van der Waals surface area contributed by atoms with Crippen molar-refractivity contribution < 1.29 is 17.7 Å². The van der Waals surface area contributed by atoms with Crippen LogP contribution >= 0.6 is 22.6 Å². The Morgan fingerprint density at radius 3 is 2.05 bits per heavy atom. The second kappa shape index (κ2) is 8.35. The van der Waals surface area contributed by atoms with E-state index in [-0.39, 0.29) is 5.75 Å². The van der Waals surface area contributed by atoms with Gasteiger partial charge >= 0.3 is 0 Å². The molecule has 0 saturated carbocycles. The number of rotatable bonds is 3. The quantitative estimate of drug-likeness (QED) is 0.605. The second-order valence-corrected chi connectivity index (χ2v) is 6.98. The van der Waals surface area contributed by atoms with Crippen LogP contribution in [0.25, 0.3) is 11.1 Å². The average Bonchev–Trinajstić information content (AvgIpc) is 2.48. The van der Waals surface area contributed by atoms with E-state index >= 15 is 0 Å². The maximum Gasteiger partial charge on any atom is 0.264 e. The monoisotopic (exact) mass is 420 g/mol. The van der Waals surface area contributed by atoms with Gasteiger partial charge in [0.25, 0.3) is 10.1 Å². The predicted octanol–water partition coefficient (Wildman–Crippen LogP) is 3.86. The van der Waals surface area contributed by atoms with Gasteiger partial charge in [0.15, 0.2) is 0 Å². The van der Waals surface area contributed by atoms with E-state index in [1.807, 2.05) is 12.1 Å². The van der Waals surface area contributed by atoms with Crippen LogP contribution in [0.15, 0.2) is 48.5 Å². The second-order valence-electron chi connectivity index (χ2n) is 4.08. The molecule has 2 rings (SSSR count).